The Morgan fingerprint density at radius 1 is 0.853 bits per heavy atom. The number of hydrogen-bond donors (Lipinski definition) is 1. The van der Waals surface area contributed by atoms with Crippen LogP contribution in [0.3, 0.4) is 0 Å². The average Bonchev–Trinajstić information content (AvgIpc) is 3.32. The SMILES string of the molecule is CCc1ccc(OCC(=O)Nc2ccc3oc(-c4ccc(-c5ccccc5)cc4)nc3c2)cc1. The van der Waals surface area contributed by atoms with E-state index in [1.165, 1.54) is 5.56 Å². The first kappa shape index (κ1) is 21.5. The summed E-state index contributed by atoms with van der Waals surface area (Å²) in [5, 5.41) is 2.86. The van der Waals surface area contributed by atoms with E-state index >= 15 is 0 Å². The molecule has 0 aliphatic carbocycles. The summed E-state index contributed by atoms with van der Waals surface area (Å²) in [5.41, 5.74) is 6.39. The molecule has 1 N–H and O–H groups in total. The fourth-order valence-electron chi connectivity index (χ4n) is 3.73. The quantitative estimate of drug-likeness (QED) is 0.299. The van der Waals surface area contributed by atoms with Gasteiger partial charge in [-0.25, -0.2) is 4.98 Å². The van der Waals surface area contributed by atoms with Crippen molar-refractivity contribution in [1.29, 1.82) is 0 Å². The maximum atomic E-state index is 12.3. The summed E-state index contributed by atoms with van der Waals surface area (Å²) in [6.07, 6.45) is 0.964. The fraction of sp³-hybridized carbons (Fsp3) is 0.103. The number of amides is 1. The molecule has 0 spiro atoms. The third-order valence-electron chi connectivity index (χ3n) is 5.61. The summed E-state index contributed by atoms with van der Waals surface area (Å²) < 4.78 is 11.5. The van der Waals surface area contributed by atoms with Gasteiger partial charge in [0.1, 0.15) is 11.3 Å². The monoisotopic (exact) mass is 448 g/mol. The number of aromatic nitrogens is 1. The molecule has 0 bridgehead atoms. The van der Waals surface area contributed by atoms with Crippen LogP contribution in [0.25, 0.3) is 33.7 Å². The van der Waals surface area contributed by atoms with Crippen molar-refractivity contribution in [3.63, 3.8) is 0 Å². The van der Waals surface area contributed by atoms with E-state index in [2.05, 4.69) is 41.5 Å². The van der Waals surface area contributed by atoms with E-state index < -0.39 is 0 Å². The lowest BCUT2D eigenvalue weighted by Crippen LogP contribution is -2.20. The van der Waals surface area contributed by atoms with Crippen molar-refractivity contribution in [2.75, 3.05) is 11.9 Å². The van der Waals surface area contributed by atoms with Gasteiger partial charge in [0.25, 0.3) is 5.91 Å². The molecule has 0 radical (unpaired) electrons. The molecule has 0 saturated heterocycles. The number of carbonyl (C=O) groups excluding carboxylic acids is 1. The molecule has 1 aromatic heterocycles. The Labute approximate surface area is 198 Å². The predicted molar refractivity (Wildman–Crippen MR) is 135 cm³/mol. The summed E-state index contributed by atoms with van der Waals surface area (Å²) in [4.78, 5) is 17.0. The second kappa shape index (κ2) is 9.63. The summed E-state index contributed by atoms with van der Waals surface area (Å²) in [7, 11) is 0. The Morgan fingerprint density at radius 2 is 1.56 bits per heavy atom. The van der Waals surface area contributed by atoms with Crippen LogP contribution < -0.4 is 10.1 Å². The van der Waals surface area contributed by atoms with Crippen LogP contribution >= 0.6 is 0 Å². The van der Waals surface area contributed by atoms with Gasteiger partial charge in [-0.2, -0.15) is 0 Å². The molecule has 5 nitrogen and oxygen atoms in total. The van der Waals surface area contributed by atoms with Crippen LogP contribution in [0.2, 0.25) is 0 Å². The Hall–Kier alpha value is -4.38. The lowest BCUT2D eigenvalue weighted by atomic mass is 10.0. The zero-order valence-electron chi connectivity index (χ0n) is 18.8. The Morgan fingerprint density at radius 3 is 2.29 bits per heavy atom. The normalized spacial score (nSPS) is 10.9. The minimum atomic E-state index is -0.237. The van der Waals surface area contributed by atoms with Crippen molar-refractivity contribution in [1.82, 2.24) is 4.98 Å². The third-order valence-corrected chi connectivity index (χ3v) is 5.61. The zero-order valence-corrected chi connectivity index (χ0v) is 18.8. The Bertz CT molecular complexity index is 1410. The van der Waals surface area contributed by atoms with Crippen LogP contribution in [0, 0.1) is 0 Å². The van der Waals surface area contributed by atoms with Crippen LogP contribution in [-0.4, -0.2) is 17.5 Å². The van der Waals surface area contributed by atoms with E-state index in [9.17, 15) is 4.79 Å². The topological polar surface area (TPSA) is 64.4 Å². The largest absolute Gasteiger partial charge is 0.484 e. The molecule has 1 amide bonds. The molecule has 1 heterocycles. The van der Waals surface area contributed by atoms with Gasteiger partial charge in [-0.05, 0) is 65.6 Å². The van der Waals surface area contributed by atoms with Crippen LogP contribution in [0.5, 0.6) is 5.75 Å². The van der Waals surface area contributed by atoms with Crippen LogP contribution in [-0.2, 0) is 11.2 Å². The molecule has 34 heavy (non-hydrogen) atoms. The second-order valence-corrected chi connectivity index (χ2v) is 7.98. The number of fused-ring (bicyclic) bond motifs is 1. The molecule has 0 atom stereocenters. The molecule has 0 aliphatic rings. The van der Waals surface area contributed by atoms with E-state index in [4.69, 9.17) is 9.15 Å². The minimum Gasteiger partial charge on any atom is -0.484 e. The first-order valence-corrected chi connectivity index (χ1v) is 11.3. The van der Waals surface area contributed by atoms with Crippen LogP contribution in [0.15, 0.2) is 101 Å². The van der Waals surface area contributed by atoms with Crippen molar-refractivity contribution < 1.29 is 13.9 Å². The van der Waals surface area contributed by atoms with Gasteiger partial charge in [0.2, 0.25) is 5.89 Å². The van der Waals surface area contributed by atoms with Gasteiger partial charge in [0, 0.05) is 11.3 Å². The molecule has 5 aromatic rings. The molecule has 5 heteroatoms. The lowest BCUT2D eigenvalue weighted by Gasteiger charge is -2.08. The Kier molecular flexibility index (Phi) is 6.08. The zero-order chi connectivity index (χ0) is 23.3. The predicted octanol–water partition coefficient (Wildman–Crippen LogP) is 6.74. The Balaban J connectivity index is 1.25. The van der Waals surface area contributed by atoms with Crippen molar-refractivity contribution >= 4 is 22.7 Å². The molecule has 5 rings (SSSR count). The number of oxazole rings is 1. The number of carbonyl (C=O) groups is 1. The first-order valence-electron chi connectivity index (χ1n) is 11.3. The third kappa shape index (κ3) is 4.84. The van der Waals surface area contributed by atoms with E-state index in [0.717, 1.165) is 23.1 Å². The number of ether oxygens (including phenoxy) is 1. The fourth-order valence-corrected chi connectivity index (χ4v) is 3.73. The van der Waals surface area contributed by atoms with Crippen LogP contribution in [0.1, 0.15) is 12.5 Å². The molecule has 4 aromatic carbocycles. The number of hydrogen-bond acceptors (Lipinski definition) is 4. The van der Waals surface area contributed by atoms with Crippen LogP contribution in [0.4, 0.5) is 5.69 Å². The van der Waals surface area contributed by atoms with Gasteiger partial charge in [-0.3, -0.25) is 4.79 Å². The van der Waals surface area contributed by atoms with Gasteiger partial charge in [-0.1, -0.05) is 61.5 Å². The highest BCUT2D eigenvalue weighted by Gasteiger charge is 2.11. The summed E-state index contributed by atoms with van der Waals surface area (Å²) in [6, 6.07) is 31.5. The minimum absolute atomic E-state index is 0.0681. The first-order chi connectivity index (χ1) is 16.7. The van der Waals surface area contributed by atoms with Crippen molar-refractivity contribution in [3.05, 3.63) is 103 Å². The van der Waals surface area contributed by atoms with Gasteiger partial charge in [0.05, 0.1) is 0 Å². The van der Waals surface area contributed by atoms with E-state index in [0.29, 0.717) is 28.4 Å². The molecule has 168 valence electrons. The summed E-state index contributed by atoms with van der Waals surface area (Å²) in [5.74, 6) is 0.971. The number of anilines is 1. The number of benzene rings is 4. The molecular weight excluding hydrogens is 424 g/mol. The van der Waals surface area contributed by atoms with Gasteiger partial charge < -0.3 is 14.5 Å². The van der Waals surface area contributed by atoms with Gasteiger partial charge in [0.15, 0.2) is 12.2 Å². The van der Waals surface area contributed by atoms with Gasteiger partial charge in [-0.15, -0.1) is 0 Å². The summed E-state index contributed by atoms with van der Waals surface area (Å²) >= 11 is 0. The second-order valence-electron chi connectivity index (χ2n) is 7.98. The maximum absolute atomic E-state index is 12.3. The van der Waals surface area contributed by atoms with E-state index in [1.54, 1.807) is 12.1 Å². The molecule has 0 aliphatic heterocycles. The highest BCUT2D eigenvalue weighted by Crippen LogP contribution is 2.28. The standard InChI is InChI=1S/C29H24N2O3/c1-2-20-8-15-25(16-9-20)33-19-28(32)30-24-14-17-27-26(18-24)31-29(34-27)23-12-10-22(11-13-23)21-6-4-3-5-7-21/h3-18H,2,19H2,1H3,(H,30,32). The average molecular weight is 449 g/mol. The van der Waals surface area contributed by atoms with Crippen molar-refractivity contribution in [2.24, 2.45) is 0 Å². The molecule has 0 saturated carbocycles. The highest BCUT2D eigenvalue weighted by atomic mass is 16.5. The molecule has 0 unspecified atom stereocenters. The van der Waals surface area contributed by atoms with Crippen molar-refractivity contribution in [2.45, 2.75) is 13.3 Å². The van der Waals surface area contributed by atoms with Gasteiger partial charge >= 0.3 is 0 Å². The van der Waals surface area contributed by atoms with E-state index in [-0.39, 0.29) is 12.5 Å². The maximum Gasteiger partial charge on any atom is 0.262 e. The number of nitrogens with one attached hydrogen (secondary N) is 1. The lowest BCUT2D eigenvalue weighted by molar-refractivity contribution is -0.118. The number of aryl methyl sites for hydroxylation is 1. The molecular formula is C29H24N2O3. The van der Waals surface area contributed by atoms with E-state index in [1.807, 2.05) is 60.7 Å². The smallest absolute Gasteiger partial charge is 0.262 e. The summed E-state index contributed by atoms with van der Waals surface area (Å²) in [6.45, 7) is 2.03. The molecule has 0 fully saturated rings. The number of rotatable bonds is 7. The van der Waals surface area contributed by atoms with Crippen molar-refractivity contribution in [3.8, 4) is 28.3 Å². The highest BCUT2D eigenvalue weighted by molar-refractivity contribution is 5.94. The number of nitrogens with zero attached hydrogens (tertiary/aromatic N) is 1.